The molecule has 0 N–H and O–H groups in total. The van der Waals surface area contributed by atoms with E-state index in [1.54, 1.807) is 6.07 Å². The number of hydrogen-bond acceptors (Lipinski definition) is 8. The Kier molecular flexibility index (Phi) is 6.25. The van der Waals surface area contributed by atoms with Gasteiger partial charge in [0.15, 0.2) is 5.69 Å². The first kappa shape index (κ1) is 23.0. The van der Waals surface area contributed by atoms with E-state index in [4.69, 9.17) is 14.0 Å². The number of nitrogens with zero attached hydrogens (tertiary/aromatic N) is 4. The van der Waals surface area contributed by atoms with E-state index in [0.717, 1.165) is 37.1 Å². The highest BCUT2D eigenvalue weighted by atomic mass is 16.5. The molecule has 2 aromatic heterocycles. The first-order valence-corrected chi connectivity index (χ1v) is 13.4. The van der Waals surface area contributed by atoms with Gasteiger partial charge in [-0.05, 0) is 64.4 Å². The highest BCUT2D eigenvalue weighted by molar-refractivity contribution is 5.87. The molecule has 8 heteroatoms. The maximum absolute atomic E-state index is 12.1. The van der Waals surface area contributed by atoms with Crippen LogP contribution in [0.4, 0.5) is 5.95 Å². The number of hydrogen-bond donors (Lipinski definition) is 0. The highest BCUT2D eigenvalue weighted by Crippen LogP contribution is 2.46. The summed E-state index contributed by atoms with van der Waals surface area (Å²) < 4.78 is 17.4. The van der Waals surface area contributed by atoms with Crippen LogP contribution >= 0.6 is 0 Å². The molecule has 2 bridgehead atoms. The van der Waals surface area contributed by atoms with Crippen LogP contribution in [-0.2, 0) is 16.1 Å². The average Bonchev–Trinajstić information content (AvgIpc) is 3.58. The third kappa shape index (κ3) is 4.57. The Morgan fingerprint density at radius 3 is 2.46 bits per heavy atom. The topological polar surface area (TPSA) is 90.6 Å². The lowest BCUT2D eigenvalue weighted by Crippen LogP contribution is -2.46. The molecule has 0 aromatic carbocycles. The molecular weight excluding hydrogens is 444 g/mol. The molecule has 188 valence electrons. The first-order chi connectivity index (χ1) is 17.1. The number of rotatable bonds is 7. The lowest BCUT2D eigenvalue weighted by atomic mass is 9.85. The third-order valence-electron chi connectivity index (χ3n) is 8.41. The van der Waals surface area contributed by atoms with Crippen molar-refractivity contribution in [2.24, 2.45) is 0 Å². The number of aromatic nitrogens is 3. The molecule has 4 aliphatic rings. The van der Waals surface area contributed by atoms with Crippen molar-refractivity contribution in [3.8, 4) is 0 Å². The highest BCUT2D eigenvalue weighted by Gasteiger charge is 2.43. The number of methoxy groups -OCH3 is 1. The quantitative estimate of drug-likeness (QED) is 0.500. The lowest BCUT2D eigenvalue weighted by Gasteiger charge is -2.39. The SMILES string of the molecule is COC(=O)c1cc(C)nc(N2C3CC[C@H]2C[C@H](OCc2c(C4CCCCC4)noc2C2CC2)C3)n1. The van der Waals surface area contributed by atoms with Gasteiger partial charge in [0.2, 0.25) is 5.95 Å². The molecule has 0 radical (unpaired) electrons. The molecule has 35 heavy (non-hydrogen) atoms. The van der Waals surface area contributed by atoms with Gasteiger partial charge in [-0.25, -0.2) is 14.8 Å². The van der Waals surface area contributed by atoms with E-state index >= 15 is 0 Å². The summed E-state index contributed by atoms with van der Waals surface area (Å²) in [6.07, 6.45) is 13.1. The predicted molar refractivity (Wildman–Crippen MR) is 130 cm³/mol. The fourth-order valence-corrected chi connectivity index (χ4v) is 6.51. The van der Waals surface area contributed by atoms with E-state index in [-0.39, 0.29) is 6.10 Å². The van der Waals surface area contributed by atoms with E-state index in [9.17, 15) is 4.79 Å². The zero-order chi connectivity index (χ0) is 23.9. The van der Waals surface area contributed by atoms with Gasteiger partial charge in [-0.1, -0.05) is 24.4 Å². The Bertz CT molecular complexity index is 1060. The summed E-state index contributed by atoms with van der Waals surface area (Å²) >= 11 is 0. The molecule has 0 spiro atoms. The van der Waals surface area contributed by atoms with Gasteiger partial charge in [-0.15, -0.1) is 0 Å². The van der Waals surface area contributed by atoms with Gasteiger partial charge in [0.05, 0.1) is 25.5 Å². The summed E-state index contributed by atoms with van der Waals surface area (Å²) in [4.78, 5) is 23.6. The summed E-state index contributed by atoms with van der Waals surface area (Å²) in [7, 11) is 1.38. The van der Waals surface area contributed by atoms with Crippen LogP contribution in [0.25, 0.3) is 0 Å². The lowest BCUT2D eigenvalue weighted by molar-refractivity contribution is 0.0138. The molecule has 2 aromatic rings. The fraction of sp³-hybridized carbons (Fsp3) is 0.704. The average molecular weight is 481 g/mol. The van der Waals surface area contributed by atoms with Crippen molar-refractivity contribution in [2.75, 3.05) is 12.0 Å². The summed E-state index contributed by atoms with van der Waals surface area (Å²) in [6.45, 7) is 2.51. The second-order valence-corrected chi connectivity index (χ2v) is 10.9. The van der Waals surface area contributed by atoms with Crippen LogP contribution in [0.5, 0.6) is 0 Å². The smallest absolute Gasteiger partial charge is 0.356 e. The van der Waals surface area contributed by atoms with Gasteiger partial charge >= 0.3 is 5.97 Å². The molecule has 4 heterocycles. The Labute approximate surface area is 206 Å². The van der Waals surface area contributed by atoms with Gasteiger partial charge in [-0.2, -0.15) is 0 Å². The minimum Gasteiger partial charge on any atom is -0.464 e. The van der Waals surface area contributed by atoms with Crippen LogP contribution in [0.3, 0.4) is 0 Å². The number of fused-ring (bicyclic) bond motifs is 2. The van der Waals surface area contributed by atoms with E-state index < -0.39 is 5.97 Å². The number of ether oxygens (including phenoxy) is 2. The summed E-state index contributed by atoms with van der Waals surface area (Å²) in [5.41, 5.74) is 3.53. The molecule has 0 amide bonds. The van der Waals surface area contributed by atoms with Gasteiger partial charge in [0.1, 0.15) is 5.76 Å². The number of esters is 1. The molecule has 2 saturated carbocycles. The van der Waals surface area contributed by atoms with Crippen molar-refractivity contribution in [1.82, 2.24) is 15.1 Å². The van der Waals surface area contributed by atoms with Crippen molar-refractivity contribution in [3.63, 3.8) is 0 Å². The van der Waals surface area contributed by atoms with Gasteiger partial charge in [0.25, 0.3) is 0 Å². The Hall–Kier alpha value is -2.48. The second kappa shape index (κ2) is 9.52. The molecule has 6 rings (SSSR count). The van der Waals surface area contributed by atoms with E-state index in [1.165, 1.54) is 63.3 Å². The summed E-state index contributed by atoms with van der Waals surface area (Å²) in [5, 5.41) is 4.58. The minimum absolute atomic E-state index is 0.204. The minimum atomic E-state index is -0.420. The largest absolute Gasteiger partial charge is 0.464 e. The van der Waals surface area contributed by atoms with Crippen molar-refractivity contribution < 1.29 is 18.8 Å². The molecule has 3 atom stereocenters. The molecule has 4 fully saturated rings. The van der Waals surface area contributed by atoms with Crippen molar-refractivity contribution in [1.29, 1.82) is 0 Å². The molecule has 8 nitrogen and oxygen atoms in total. The van der Waals surface area contributed by atoms with Crippen LogP contribution in [0.1, 0.15) is 116 Å². The summed E-state index contributed by atoms with van der Waals surface area (Å²) in [5.74, 6) is 2.38. The number of aryl methyl sites for hydroxylation is 1. The Morgan fingerprint density at radius 1 is 1.03 bits per heavy atom. The normalized spacial score (nSPS) is 26.8. The van der Waals surface area contributed by atoms with Crippen LogP contribution in [-0.4, -0.2) is 46.4 Å². The number of carbonyl (C=O) groups excluding carboxylic acids is 1. The molecule has 2 aliphatic heterocycles. The van der Waals surface area contributed by atoms with Crippen LogP contribution in [0.2, 0.25) is 0 Å². The van der Waals surface area contributed by atoms with E-state index in [1.807, 2.05) is 6.92 Å². The van der Waals surface area contributed by atoms with E-state index in [2.05, 4.69) is 20.0 Å². The van der Waals surface area contributed by atoms with Crippen molar-refractivity contribution in [3.05, 3.63) is 34.5 Å². The fourth-order valence-electron chi connectivity index (χ4n) is 6.51. The molecule has 2 saturated heterocycles. The standard InChI is InChI=1S/C27H36N4O4/c1-16-12-23(26(32)33-2)29-27(28-16)31-19-10-11-20(31)14-21(13-19)34-15-22-24(17-6-4-3-5-7-17)30-35-25(22)18-8-9-18/h12,17-21H,3-11,13-15H2,1-2H3/t19-,20?,21-/m0/s1. The molecule has 2 aliphatic carbocycles. The zero-order valence-electron chi connectivity index (χ0n) is 20.9. The monoisotopic (exact) mass is 480 g/mol. The van der Waals surface area contributed by atoms with E-state index in [0.29, 0.717) is 42.2 Å². The maximum atomic E-state index is 12.1. The Balaban J connectivity index is 1.16. The zero-order valence-corrected chi connectivity index (χ0v) is 20.9. The number of piperidine rings is 1. The van der Waals surface area contributed by atoms with Crippen molar-refractivity contribution >= 4 is 11.9 Å². The number of carbonyl (C=O) groups is 1. The van der Waals surface area contributed by atoms with Gasteiger partial charge in [0, 0.05) is 35.2 Å². The third-order valence-corrected chi connectivity index (χ3v) is 8.41. The van der Waals surface area contributed by atoms with Gasteiger partial charge in [-0.3, -0.25) is 0 Å². The summed E-state index contributed by atoms with van der Waals surface area (Å²) in [6, 6.07) is 2.34. The van der Waals surface area contributed by atoms with Crippen LogP contribution in [0.15, 0.2) is 10.6 Å². The van der Waals surface area contributed by atoms with Gasteiger partial charge < -0.3 is 18.9 Å². The Morgan fingerprint density at radius 2 is 1.77 bits per heavy atom. The van der Waals surface area contributed by atoms with Crippen molar-refractivity contribution in [2.45, 2.75) is 114 Å². The maximum Gasteiger partial charge on any atom is 0.356 e. The molecular formula is C27H36N4O4. The predicted octanol–water partition coefficient (Wildman–Crippen LogP) is 5.20. The second-order valence-electron chi connectivity index (χ2n) is 10.9. The number of anilines is 1. The first-order valence-electron chi connectivity index (χ1n) is 13.4. The molecule has 1 unspecified atom stereocenters. The van der Waals surface area contributed by atoms with Crippen LogP contribution in [0, 0.1) is 6.92 Å². The van der Waals surface area contributed by atoms with Crippen LogP contribution < -0.4 is 4.90 Å².